The van der Waals surface area contributed by atoms with Crippen LogP contribution in [0.25, 0.3) is 0 Å². The van der Waals surface area contributed by atoms with Crippen molar-refractivity contribution in [3.63, 3.8) is 0 Å². The van der Waals surface area contributed by atoms with E-state index in [1.165, 1.54) is 0 Å². The SMILES string of the molecule is Nc1nnc(SCC(=O)OCC(=O)Nc2cccc(Cl)c2Cl)s1. The van der Waals surface area contributed by atoms with Crippen LogP contribution in [0.15, 0.2) is 22.5 Å². The number of carbonyl (C=O) groups excluding carboxylic acids is 2. The molecule has 1 aromatic carbocycles. The molecule has 0 aliphatic heterocycles. The summed E-state index contributed by atoms with van der Waals surface area (Å²) < 4.78 is 5.40. The van der Waals surface area contributed by atoms with Crippen molar-refractivity contribution in [2.75, 3.05) is 23.4 Å². The third-order valence-corrected chi connectivity index (χ3v) is 5.00. The van der Waals surface area contributed by atoms with Gasteiger partial charge in [0.15, 0.2) is 10.9 Å². The van der Waals surface area contributed by atoms with Crippen molar-refractivity contribution in [3.05, 3.63) is 28.2 Å². The third kappa shape index (κ3) is 5.54. The number of rotatable bonds is 6. The van der Waals surface area contributed by atoms with Crippen molar-refractivity contribution in [3.8, 4) is 0 Å². The average molecular weight is 393 g/mol. The number of nitrogens with two attached hydrogens (primary N) is 1. The van der Waals surface area contributed by atoms with E-state index >= 15 is 0 Å². The second-order valence-electron chi connectivity index (χ2n) is 4.01. The van der Waals surface area contributed by atoms with E-state index in [4.69, 9.17) is 33.7 Å². The summed E-state index contributed by atoms with van der Waals surface area (Å²) in [7, 11) is 0. The Morgan fingerprint density at radius 1 is 1.35 bits per heavy atom. The smallest absolute Gasteiger partial charge is 0.316 e. The van der Waals surface area contributed by atoms with Crippen molar-refractivity contribution in [1.82, 2.24) is 10.2 Å². The van der Waals surface area contributed by atoms with Crippen molar-refractivity contribution in [2.45, 2.75) is 4.34 Å². The zero-order chi connectivity index (χ0) is 16.8. The predicted molar refractivity (Wildman–Crippen MR) is 91.1 cm³/mol. The van der Waals surface area contributed by atoms with Gasteiger partial charge in [0.05, 0.1) is 21.5 Å². The maximum absolute atomic E-state index is 11.7. The fourth-order valence-electron chi connectivity index (χ4n) is 1.37. The highest BCUT2D eigenvalue weighted by molar-refractivity contribution is 8.01. The van der Waals surface area contributed by atoms with Gasteiger partial charge in [-0.2, -0.15) is 0 Å². The van der Waals surface area contributed by atoms with Gasteiger partial charge in [-0.1, -0.05) is 52.4 Å². The Hall–Kier alpha value is -1.55. The lowest BCUT2D eigenvalue weighted by molar-refractivity contribution is -0.144. The first-order chi connectivity index (χ1) is 11.0. The van der Waals surface area contributed by atoms with Crippen LogP contribution in [0.3, 0.4) is 0 Å². The van der Waals surface area contributed by atoms with Gasteiger partial charge in [0.1, 0.15) is 0 Å². The summed E-state index contributed by atoms with van der Waals surface area (Å²) >= 11 is 14.1. The summed E-state index contributed by atoms with van der Waals surface area (Å²) in [4.78, 5) is 23.3. The number of esters is 1. The maximum Gasteiger partial charge on any atom is 0.316 e. The van der Waals surface area contributed by atoms with Gasteiger partial charge in [-0.25, -0.2) is 0 Å². The molecule has 2 rings (SSSR count). The van der Waals surface area contributed by atoms with E-state index in [0.717, 1.165) is 23.1 Å². The third-order valence-electron chi connectivity index (χ3n) is 2.33. The Kier molecular flexibility index (Phi) is 6.46. The van der Waals surface area contributed by atoms with E-state index in [1.807, 2.05) is 0 Å². The van der Waals surface area contributed by atoms with Crippen molar-refractivity contribution in [2.24, 2.45) is 0 Å². The molecule has 1 amide bonds. The first-order valence-electron chi connectivity index (χ1n) is 6.07. The molecule has 122 valence electrons. The van der Waals surface area contributed by atoms with Crippen LogP contribution in [0.5, 0.6) is 0 Å². The minimum atomic E-state index is -0.559. The fourth-order valence-corrected chi connectivity index (χ4v) is 3.16. The number of nitrogens with one attached hydrogen (secondary N) is 1. The minimum Gasteiger partial charge on any atom is -0.455 e. The lowest BCUT2D eigenvalue weighted by atomic mass is 10.3. The summed E-state index contributed by atoms with van der Waals surface area (Å²) in [6.45, 7) is -0.430. The molecule has 23 heavy (non-hydrogen) atoms. The molecule has 0 atom stereocenters. The first-order valence-corrected chi connectivity index (χ1v) is 8.63. The van der Waals surface area contributed by atoms with Crippen LogP contribution in [0.4, 0.5) is 10.8 Å². The molecule has 0 bridgehead atoms. The second-order valence-corrected chi connectivity index (χ2v) is 7.02. The highest BCUT2D eigenvalue weighted by atomic mass is 35.5. The van der Waals surface area contributed by atoms with E-state index < -0.39 is 18.5 Å². The molecular formula is C12H10Cl2N4O3S2. The number of amides is 1. The van der Waals surface area contributed by atoms with Gasteiger partial charge in [-0.15, -0.1) is 10.2 Å². The highest BCUT2D eigenvalue weighted by Gasteiger charge is 2.12. The van der Waals surface area contributed by atoms with Gasteiger partial charge in [0.2, 0.25) is 5.13 Å². The fraction of sp³-hybridized carbons (Fsp3) is 0.167. The summed E-state index contributed by atoms with van der Waals surface area (Å²) in [5.41, 5.74) is 5.77. The second kappa shape index (κ2) is 8.34. The van der Waals surface area contributed by atoms with Gasteiger partial charge < -0.3 is 15.8 Å². The molecule has 0 unspecified atom stereocenters. The van der Waals surface area contributed by atoms with Gasteiger partial charge in [0, 0.05) is 0 Å². The molecule has 0 aliphatic carbocycles. The van der Waals surface area contributed by atoms with Crippen LogP contribution in [-0.4, -0.2) is 34.4 Å². The van der Waals surface area contributed by atoms with Crippen LogP contribution in [-0.2, 0) is 14.3 Å². The molecule has 0 aliphatic rings. The van der Waals surface area contributed by atoms with E-state index in [-0.39, 0.29) is 10.8 Å². The normalized spacial score (nSPS) is 10.3. The molecule has 0 radical (unpaired) electrons. The Morgan fingerprint density at radius 2 is 2.13 bits per heavy atom. The van der Waals surface area contributed by atoms with Crippen LogP contribution in [0.2, 0.25) is 10.0 Å². The number of anilines is 2. The molecule has 3 N–H and O–H groups in total. The van der Waals surface area contributed by atoms with E-state index in [9.17, 15) is 9.59 Å². The zero-order valence-electron chi connectivity index (χ0n) is 11.4. The molecule has 1 aromatic heterocycles. The molecular weight excluding hydrogens is 383 g/mol. The molecule has 1 heterocycles. The molecule has 2 aromatic rings. The summed E-state index contributed by atoms with van der Waals surface area (Å²) in [5, 5.41) is 10.7. The molecule has 0 saturated heterocycles. The Bertz CT molecular complexity index is 726. The number of carbonyl (C=O) groups is 2. The largest absolute Gasteiger partial charge is 0.455 e. The van der Waals surface area contributed by atoms with Gasteiger partial charge in [-0.05, 0) is 12.1 Å². The monoisotopic (exact) mass is 392 g/mol. The number of ether oxygens (including phenoxy) is 1. The van der Waals surface area contributed by atoms with Crippen molar-refractivity contribution < 1.29 is 14.3 Å². The van der Waals surface area contributed by atoms with E-state index in [1.54, 1.807) is 18.2 Å². The van der Waals surface area contributed by atoms with Crippen molar-refractivity contribution >= 4 is 69.0 Å². The maximum atomic E-state index is 11.7. The van der Waals surface area contributed by atoms with Crippen molar-refractivity contribution in [1.29, 1.82) is 0 Å². The predicted octanol–water partition coefficient (Wildman–Crippen LogP) is 2.70. The molecule has 0 saturated carbocycles. The molecule has 11 heteroatoms. The number of aromatic nitrogens is 2. The number of halogens is 2. The van der Waals surface area contributed by atoms with Crippen LogP contribution in [0.1, 0.15) is 0 Å². The number of nitrogen functional groups attached to an aromatic ring is 1. The van der Waals surface area contributed by atoms with Crippen LogP contribution >= 0.6 is 46.3 Å². The lowest BCUT2D eigenvalue weighted by Gasteiger charge is -2.08. The highest BCUT2D eigenvalue weighted by Crippen LogP contribution is 2.29. The van der Waals surface area contributed by atoms with E-state index in [2.05, 4.69) is 15.5 Å². The Labute approximate surface area is 149 Å². The van der Waals surface area contributed by atoms with Gasteiger partial charge >= 0.3 is 5.97 Å². The Morgan fingerprint density at radius 3 is 2.83 bits per heavy atom. The minimum absolute atomic E-state index is 0.000164. The number of hydrogen-bond acceptors (Lipinski definition) is 8. The zero-order valence-corrected chi connectivity index (χ0v) is 14.6. The average Bonchev–Trinajstić information content (AvgIpc) is 2.93. The number of hydrogen-bond donors (Lipinski definition) is 2. The lowest BCUT2D eigenvalue weighted by Crippen LogP contribution is -2.21. The van der Waals surface area contributed by atoms with Gasteiger partial charge in [-0.3, -0.25) is 9.59 Å². The number of benzene rings is 1. The quantitative estimate of drug-likeness (QED) is 0.574. The van der Waals surface area contributed by atoms with E-state index in [0.29, 0.717) is 20.2 Å². The Balaban J connectivity index is 1.75. The first kappa shape index (κ1) is 17.8. The molecule has 7 nitrogen and oxygen atoms in total. The summed E-state index contributed by atoms with van der Waals surface area (Å²) in [6.07, 6.45) is 0. The topological polar surface area (TPSA) is 107 Å². The standard InChI is InChI=1S/C12H10Cl2N4O3S2/c13-6-2-1-3-7(10(6)14)16-8(19)4-21-9(20)5-22-12-18-17-11(15)23-12/h1-3H,4-5H2,(H2,15,17)(H,16,19). The molecule has 0 fully saturated rings. The molecule has 0 spiro atoms. The number of thioether (sulfide) groups is 1. The summed E-state index contributed by atoms with van der Waals surface area (Å²) in [5.74, 6) is -1.08. The number of nitrogens with zero attached hydrogens (tertiary/aromatic N) is 2. The van der Waals surface area contributed by atoms with Crippen LogP contribution in [0, 0.1) is 0 Å². The van der Waals surface area contributed by atoms with Gasteiger partial charge in [0.25, 0.3) is 5.91 Å². The van der Waals surface area contributed by atoms with Crippen LogP contribution < -0.4 is 11.1 Å². The summed E-state index contributed by atoms with van der Waals surface area (Å²) in [6, 6.07) is 4.82.